The van der Waals surface area contributed by atoms with E-state index < -0.39 is 12.2 Å². The summed E-state index contributed by atoms with van der Waals surface area (Å²) in [5.74, 6) is 1.34. The Labute approximate surface area is 303 Å². The zero-order valence-electron chi connectivity index (χ0n) is 28.6. The molecule has 50 heavy (non-hydrogen) atoms. The van der Waals surface area contributed by atoms with E-state index in [1.807, 2.05) is 72.8 Å². The molecule has 0 fully saturated rings. The van der Waals surface area contributed by atoms with Crippen molar-refractivity contribution in [3.8, 4) is 22.6 Å². The highest BCUT2D eigenvalue weighted by atomic mass is 35.5. The van der Waals surface area contributed by atoms with Gasteiger partial charge >= 0.3 is 0 Å². The summed E-state index contributed by atoms with van der Waals surface area (Å²) in [6.07, 6.45) is 2.40. The summed E-state index contributed by atoms with van der Waals surface area (Å²) in [5.41, 5.74) is 1.96. The van der Waals surface area contributed by atoms with Crippen LogP contribution in [-0.4, -0.2) is 62.1 Å². The summed E-state index contributed by atoms with van der Waals surface area (Å²) < 4.78 is 24.2. The minimum absolute atomic E-state index is 0.0796. The molecule has 6 rings (SSSR count). The highest BCUT2D eigenvalue weighted by Gasteiger charge is 2.24. The van der Waals surface area contributed by atoms with Crippen molar-refractivity contribution in [3.05, 3.63) is 95.0 Å². The van der Waals surface area contributed by atoms with Crippen LogP contribution in [0.3, 0.4) is 0 Å². The molecule has 0 spiro atoms. The smallest absolute Gasteiger partial charge is 0.135 e. The second kappa shape index (κ2) is 17.1. The topological polar surface area (TPSA) is 77.4 Å². The normalized spacial score (nSPS) is 13.0. The molecule has 262 valence electrons. The highest BCUT2D eigenvalue weighted by molar-refractivity contribution is 6.34. The highest BCUT2D eigenvalue weighted by Crippen LogP contribution is 2.50. The van der Waals surface area contributed by atoms with Crippen molar-refractivity contribution in [2.45, 2.75) is 51.7 Å². The summed E-state index contributed by atoms with van der Waals surface area (Å²) >= 11 is 13.5. The average molecular weight is 716 g/mol. The summed E-state index contributed by atoms with van der Waals surface area (Å²) in [7, 11) is 0. The lowest BCUT2D eigenvalue weighted by atomic mass is 9.85. The maximum absolute atomic E-state index is 10.7. The van der Waals surface area contributed by atoms with Crippen LogP contribution in [-0.2, 0) is 9.47 Å². The van der Waals surface area contributed by atoms with Gasteiger partial charge in [-0.3, -0.25) is 0 Å². The van der Waals surface area contributed by atoms with Crippen LogP contribution in [0.1, 0.15) is 39.5 Å². The Bertz CT molecular complexity index is 1930. The second-order valence-electron chi connectivity index (χ2n) is 12.7. The third-order valence-electron chi connectivity index (χ3n) is 8.87. The van der Waals surface area contributed by atoms with Gasteiger partial charge in [0.1, 0.15) is 36.9 Å². The second-order valence-corrected chi connectivity index (χ2v) is 13.5. The fourth-order valence-electron chi connectivity index (χ4n) is 6.46. The molecule has 0 radical (unpaired) electrons. The lowest BCUT2D eigenvalue weighted by Crippen LogP contribution is -2.24. The molecule has 0 aliphatic carbocycles. The van der Waals surface area contributed by atoms with E-state index >= 15 is 0 Å². The fourth-order valence-corrected chi connectivity index (χ4v) is 6.80. The minimum Gasteiger partial charge on any atom is -0.489 e. The Morgan fingerprint density at radius 1 is 0.500 bits per heavy atom. The number of rotatable bonds is 17. The predicted octanol–water partition coefficient (Wildman–Crippen LogP) is 10.4. The minimum atomic E-state index is -0.781. The van der Waals surface area contributed by atoms with E-state index in [2.05, 4.69) is 26.0 Å². The van der Waals surface area contributed by atoms with Crippen LogP contribution in [0, 0.1) is 0 Å². The molecule has 8 heteroatoms. The van der Waals surface area contributed by atoms with E-state index in [9.17, 15) is 10.2 Å². The summed E-state index contributed by atoms with van der Waals surface area (Å²) in [6, 6.07) is 27.9. The average Bonchev–Trinajstić information content (AvgIpc) is 3.12. The van der Waals surface area contributed by atoms with Crippen LogP contribution in [0.2, 0.25) is 10.0 Å². The Morgan fingerprint density at radius 2 is 0.880 bits per heavy atom. The first kappa shape index (κ1) is 36.2. The first-order valence-electron chi connectivity index (χ1n) is 17.5. The van der Waals surface area contributed by atoms with Crippen LogP contribution >= 0.6 is 23.2 Å². The van der Waals surface area contributed by atoms with Crippen molar-refractivity contribution < 1.29 is 29.2 Å². The van der Waals surface area contributed by atoms with Gasteiger partial charge in [-0.05, 0) is 81.9 Å². The van der Waals surface area contributed by atoms with Crippen molar-refractivity contribution in [1.29, 1.82) is 0 Å². The summed E-state index contributed by atoms with van der Waals surface area (Å²) in [6.45, 7) is 6.00. The van der Waals surface area contributed by atoms with Crippen molar-refractivity contribution in [2.75, 3.05) is 39.6 Å². The number of hydrogen-bond acceptors (Lipinski definition) is 6. The van der Waals surface area contributed by atoms with E-state index in [-0.39, 0.29) is 26.4 Å². The SMILES string of the molecule is CCCCOCC(O)COc1c2ccccc2c(-c2c3ccccc3c(OCC(O)COCCCC)c3ccc(Cl)cc23)c2cc(Cl)ccc12. The molecule has 0 amide bonds. The number of hydrogen-bond donors (Lipinski definition) is 2. The first-order chi connectivity index (χ1) is 24.4. The molecule has 0 aromatic heterocycles. The van der Waals surface area contributed by atoms with E-state index in [4.69, 9.17) is 42.1 Å². The van der Waals surface area contributed by atoms with Gasteiger partial charge in [0.25, 0.3) is 0 Å². The van der Waals surface area contributed by atoms with Gasteiger partial charge in [0.2, 0.25) is 0 Å². The van der Waals surface area contributed by atoms with Crippen molar-refractivity contribution in [2.24, 2.45) is 0 Å². The molecule has 6 aromatic rings. The molecule has 0 heterocycles. The Morgan fingerprint density at radius 3 is 1.28 bits per heavy atom. The van der Waals surface area contributed by atoms with Gasteiger partial charge in [0.15, 0.2) is 0 Å². The quantitative estimate of drug-likeness (QED) is 0.0723. The van der Waals surface area contributed by atoms with Gasteiger partial charge in [-0.15, -0.1) is 0 Å². The lowest BCUT2D eigenvalue weighted by molar-refractivity contribution is 0.0119. The molecule has 6 aromatic carbocycles. The van der Waals surface area contributed by atoms with Gasteiger partial charge in [-0.25, -0.2) is 0 Å². The third-order valence-corrected chi connectivity index (χ3v) is 9.34. The van der Waals surface area contributed by atoms with Crippen LogP contribution in [0.15, 0.2) is 84.9 Å². The largest absolute Gasteiger partial charge is 0.489 e. The molecule has 2 N–H and O–H groups in total. The van der Waals surface area contributed by atoms with Gasteiger partial charge in [-0.2, -0.15) is 0 Å². The number of unbranched alkanes of at least 4 members (excludes halogenated alkanes) is 2. The van der Waals surface area contributed by atoms with Crippen LogP contribution < -0.4 is 9.47 Å². The lowest BCUT2D eigenvalue weighted by Gasteiger charge is -2.23. The van der Waals surface area contributed by atoms with Crippen molar-refractivity contribution in [1.82, 2.24) is 0 Å². The van der Waals surface area contributed by atoms with Crippen molar-refractivity contribution >= 4 is 66.3 Å². The number of benzene rings is 6. The number of ether oxygens (including phenoxy) is 4. The maximum atomic E-state index is 10.7. The van der Waals surface area contributed by atoms with Crippen LogP contribution in [0.4, 0.5) is 0 Å². The molecule has 2 unspecified atom stereocenters. The Balaban J connectivity index is 1.52. The number of fused-ring (bicyclic) bond motifs is 4. The summed E-state index contributed by atoms with van der Waals surface area (Å²) in [4.78, 5) is 0. The molecular formula is C42H44Cl2O6. The van der Waals surface area contributed by atoms with Crippen LogP contribution in [0.5, 0.6) is 11.5 Å². The molecule has 6 nitrogen and oxygen atoms in total. The van der Waals surface area contributed by atoms with E-state index in [1.54, 1.807) is 0 Å². The van der Waals surface area contributed by atoms with Gasteiger partial charge in [-0.1, -0.05) is 98.4 Å². The van der Waals surface area contributed by atoms with Crippen molar-refractivity contribution in [3.63, 3.8) is 0 Å². The predicted molar refractivity (Wildman–Crippen MR) is 206 cm³/mol. The number of aliphatic hydroxyl groups is 2. The molecule has 0 aliphatic rings. The third kappa shape index (κ3) is 7.97. The van der Waals surface area contributed by atoms with E-state index in [0.717, 1.165) is 79.9 Å². The van der Waals surface area contributed by atoms with E-state index in [1.165, 1.54) is 0 Å². The first-order valence-corrected chi connectivity index (χ1v) is 18.2. The zero-order chi connectivity index (χ0) is 35.0. The Kier molecular flexibility index (Phi) is 12.3. The molecule has 0 saturated heterocycles. The summed E-state index contributed by atoms with van der Waals surface area (Å²) in [5, 5.41) is 29.9. The fraction of sp³-hybridized carbons (Fsp3) is 0.333. The van der Waals surface area contributed by atoms with Crippen LogP contribution in [0.25, 0.3) is 54.2 Å². The molecule has 0 bridgehead atoms. The molecular weight excluding hydrogens is 671 g/mol. The van der Waals surface area contributed by atoms with Gasteiger partial charge in [0.05, 0.1) is 13.2 Å². The monoisotopic (exact) mass is 714 g/mol. The Hall–Kier alpha value is -3.62. The molecule has 2 atom stereocenters. The maximum Gasteiger partial charge on any atom is 0.135 e. The van der Waals surface area contributed by atoms with Gasteiger partial charge < -0.3 is 29.2 Å². The molecule has 0 saturated carbocycles. The number of aliphatic hydroxyl groups excluding tert-OH is 2. The van der Waals surface area contributed by atoms with Gasteiger partial charge in [0, 0.05) is 44.8 Å². The van der Waals surface area contributed by atoms with E-state index in [0.29, 0.717) is 34.8 Å². The number of halogens is 2. The molecule has 0 aliphatic heterocycles. The zero-order valence-corrected chi connectivity index (χ0v) is 30.1. The standard InChI is InChI=1S/C42H44Cl2O6/c1-3-5-19-47-23-29(45)25-49-41-33-13-9-7-11-31(33)39(37-21-27(43)15-17-35(37)41)40-32-12-8-10-14-34(32)42(36-18-16-28(44)22-38(36)40)50-26-30(46)24-48-20-6-4-2/h7-18,21-22,29-30,45-46H,3-6,19-20,23-26H2,1-2H3.